The molecule has 0 radical (unpaired) electrons. The molecule has 1 heterocycles. The van der Waals surface area contributed by atoms with Crippen LogP contribution in [0.1, 0.15) is 30.1 Å². The smallest absolute Gasteiger partial charge is 0.335 e. The standard InChI is InChI=1S/C14H21N3O2/c1-10(17-6-2-3-7-17)9-16-13-8-11(14(18)19)4-5-12(13)15/h4-5,8,10,16H,2-3,6-7,9,15H2,1H3,(H,18,19). The van der Waals surface area contributed by atoms with Gasteiger partial charge >= 0.3 is 5.97 Å². The number of carboxylic acids is 1. The average Bonchev–Trinajstić information content (AvgIpc) is 2.91. The van der Waals surface area contributed by atoms with E-state index in [0.717, 1.165) is 19.6 Å². The molecule has 1 fully saturated rings. The number of nitrogen functional groups attached to an aromatic ring is 1. The normalized spacial score (nSPS) is 17.3. The molecule has 1 atom stereocenters. The van der Waals surface area contributed by atoms with Gasteiger partial charge in [0.05, 0.1) is 16.9 Å². The largest absolute Gasteiger partial charge is 0.478 e. The number of rotatable bonds is 5. The number of benzene rings is 1. The van der Waals surface area contributed by atoms with E-state index in [4.69, 9.17) is 10.8 Å². The molecule has 1 aliphatic heterocycles. The summed E-state index contributed by atoms with van der Waals surface area (Å²) in [7, 11) is 0. The molecule has 4 N–H and O–H groups in total. The molecule has 0 aliphatic carbocycles. The van der Waals surface area contributed by atoms with Crippen LogP contribution in [-0.2, 0) is 0 Å². The summed E-state index contributed by atoms with van der Waals surface area (Å²) in [5, 5.41) is 12.2. The van der Waals surface area contributed by atoms with Gasteiger partial charge in [-0.15, -0.1) is 0 Å². The lowest BCUT2D eigenvalue weighted by Crippen LogP contribution is -2.35. The summed E-state index contributed by atoms with van der Waals surface area (Å²) >= 11 is 0. The van der Waals surface area contributed by atoms with Gasteiger partial charge in [-0.1, -0.05) is 0 Å². The number of carbonyl (C=O) groups is 1. The third kappa shape index (κ3) is 3.38. The zero-order chi connectivity index (χ0) is 13.8. The first kappa shape index (κ1) is 13.7. The maximum absolute atomic E-state index is 10.9. The van der Waals surface area contributed by atoms with Gasteiger partial charge in [-0.3, -0.25) is 4.90 Å². The fourth-order valence-electron chi connectivity index (χ4n) is 2.41. The molecular formula is C14H21N3O2. The molecule has 19 heavy (non-hydrogen) atoms. The predicted molar refractivity (Wildman–Crippen MR) is 76.6 cm³/mol. The topological polar surface area (TPSA) is 78.6 Å². The predicted octanol–water partition coefficient (Wildman–Crippen LogP) is 1.86. The van der Waals surface area contributed by atoms with Gasteiger partial charge < -0.3 is 16.2 Å². The van der Waals surface area contributed by atoms with Crippen molar-refractivity contribution in [3.63, 3.8) is 0 Å². The van der Waals surface area contributed by atoms with Crippen LogP contribution >= 0.6 is 0 Å². The van der Waals surface area contributed by atoms with E-state index >= 15 is 0 Å². The van der Waals surface area contributed by atoms with E-state index in [1.807, 2.05) is 0 Å². The van der Waals surface area contributed by atoms with Gasteiger partial charge in [-0.2, -0.15) is 0 Å². The highest BCUT2D eigenvalue weighted by molar-refractivity contribution is 5.90. The van der Waals surface area contributed by atoms with Crippen LogP contribution in [0, 0.1) is 0 Å². The monoisotopic (exact) mass is 263 g/mol. The lowest BCUT2D eigenvalue weighted by Gasteiger charge is -2.24. The molecular weight excluding hydrogens is 242 g/mol. The number of nitrogens with one attached hydrogen (secondary N) is 1. The van der Waals surface area contributed by atoms with Crippen molar-refractivity contribution in [2.45, 2.75) is 25.8 Å². The quantitative estimate of drug-likeness (QED) is 0.707. The molecule has 2 rings (SSSR count). The first-order chi connectivity index (χ1) is 9.08. The van der Waals surface area contributed by atoms with Crippen molar-refractivity contribution >= 4 is 17.3 Å². The van der Waals surface area contributed by atoms with Gasteiger partial charge in [0.1, 0.15) is 0 Å². The molecule has 104 valence electrons. The first-order valence-electron chi connectivity index (χ1n) is 6.68. The molecule has 0 aromatic heterocycles. The van der Waals surface area contributed by atoms with Gasteiger partial charge in [-0.25, -0.2) is 4.79 Å². The van der Waals surface area contributed by atoms with Crippen molar-refractivity contribution in [2.75, 3.05) is 30.7 Å². The average molecular weight is 263 g/mol. The Kier molecular flexibility index (Phi) is 4.27. The minimum atomic E-state index is -0.935. The zero-order valence-electron chi connectivity index (χ0n) is 11.2. The summed E-state index contributed by atoms with van der Waals surface area (Å²) in [6, 6.07) is 5.17. The fraction of sp³-hybridized carbons (Fsp3) is 0.500. The van der Waals surface area contributed by atoms with E-state index in [9.17, 15) is 4.79 Å². The van der Waals surface area contributed by atoms with Crippen molar-refractivity contribution in [3.05, 3.63) is 23.8 Å². The Labute approximate surface area is 113 Å². The summed E-state index contributed by atoms with van der Waals surface area (Å²) in [5.74, 6) is -0.935. The van der Waals surface area contributed by atoms with E-state index in [1.54, 1.807) is 12.1 Å². The molecule has 5 heteroatoms. The van der Waals surface area contributed by atoms with Crippen LogP contribution in [0.5, 0.6) is 0 Å². The number of nitrogens with zero attached hydrogens (tertiary/aromatic N) is 1. The Bertz CT molecular complexity index is 456. The van der Waals surface area contributed by atoms with E-state index in [-0.39, 0.29) is 5.56 Å². The van der Waals surface area contributed by atoms with Crippen LogP contribution in [0.15, 0.2) is 18.2 Å². The number of hydrogen-bond donors (Lipinski definition) is 3. The van der Waals surface area contributed by atoms with Crippen LogP contribution in [0.25, 0.3) is 0 Å². The number of hydrogen-bond acceptors (Lipinski definition) is 4. The summed E-state index contributed by atoms with van der Waals surface area (Å²) in [4.78, 5) is 13.4. The highest BCUT2D eigenvalue weighted by Crippen LogP contribution is 2.21. The lowest BCUT2D eigenvalue weighted by molar-refractivity contribution is 0.0697. The van der Waals surface area contributed by atoms with Crippen LogP contribution in [0.4, 0.5) is 11.4 Å². The van der Waals surface area contributed by atoms with Crippen molar-refractivity contribution in [3.8, 4) is 0 Å². The Balaban J connectivity index is 1.98. The number of nitrogens with two attached hydrogens (primary N) is 1. The SMILES string of the molecule is CC(CNc1cc(C(=O)O)ccc1N)N1CCCC1. The molecule has 1 aliphatic rings. The Morgan fingerprint density at radius 1 is 1.47 bits per heavy atom. The second kappa shape index (κ2) is 5.93. The van der Waals surface area contributed by atoms with E-state index in [1.165, 1.54) is 18.9 Å². The number of anilines is 2. The minimum Gasteiger partial charge on any atom is -0.478 e. The molecule has 0 saturated carbocycles. The molecule has 1 saturated heterocycles. The molecule has 1 aromatic rings. The van der Waals surface area contributed by atoms with Crippen molar-refractivity contribution in [1.82, 2.24) is 4.90 Å². The highest BCUT2D eigenvalue weighted by atomic mass is 16.4. The number of likely N-dealkylation sites (tertiary alicyclic amines) is 1. The second-order valence-electron chi connectivity index (χ2n) is 5.08. The maximum atomic E-state index is 10.9. The Hall–Kier alpha value is -1.75. The maximum Gasteiger partial charge on any atom is 0.335 e. The second-order valence-corrected chi connectivity index (χ2v) is 5.08. The molecule has 0 bridgehead atoms. The third-order valence-electron chi connectivity index (χ3n) is 3.65. The van der Waals surface area contributed by atoms with E-state index < -0.39 is 5.97 Å². The van der Waals surface area contributed by atoms with Gasteiger partial charge in [0, 0.05) is 12.6 Å². The molecule has 1 unspecified atom stereocenters. The first-order valence-corrected chi connectivity index (χ1v) is 6.68. The minimum absolute atomic E-state index is 0.255. The van der Waals surface area contributed by atoms with Crippen LogP contribution in [0.3, 0.4) is 0 Å². The molecule has 0 spiro atoms. The van der Waals surface area contributed by atoms with Crippen LogP contribution < -0.4 is 11.1 Å². The molecule has 5 nitrogen and oxygen atoms in total. The zero-order valence-corrected chi connectivity index (χ0v) is 11.2. The van der Waals surface area contributed by atoms with E-state index in [0.29, 0.717) is 17.4 Å². The fourth-order valence-corrected chi connectivity index (χ4v) is 2.41. The summed E-state index contributed by atoms with van der Waals surface area (Å²) in [6.07, 6.45) is 2.53. The summed E-state index contributed by atoms with van der Waals surface area (Å²) in [5.41, 5.74) is 7.40. The highest BCUT2D eigenvalue weighted by Gasteiger charge is 2.18. The van der Waals surface area contributed by atoms with Crippen molar-refractivity contribution in [1.29, 1.82) is 0 Å². The molecule has 1 aromatic carbocycles. The Morgan fingerprint density at radius 2 is 2.16 bits per heavy atom. The van der Waals surface area contributed by atoms with Crippen LogP contribution in [-0.4, -0.2) is 41.7 Å². The third-order valence-corrected chi connectivity index (χ3v) is 3.65. The van der Waals surface area contributed by atoms with Crippen molar-refractivity contribution in [2.24, 2.45) is 0 Å². The number of carboxylic acid groups (broad SMARTS) is 1. The van der Waals surface area contributed by atoms with Gasteiger partial charge in [0.25, 0.3) is 0 Å². The number of aromatic carboxylic acids is 1. The van der Waals surface area contributed by atoms with Gasteiger partial charge in [-0.05, 0) is 51.1 Å². The van der Waals surface area contributed by atoms with Crippen LogP contribution in [0.2, 0.25) is 0 Å². The Morgan fingerprint density at radius 3 is 2.79 bits per heavy atom. The molecule has 0 amide bonds. The summed E-state index contributed by atoms with van der Waals surface area (Å²) in [6.45, 7) is 5.24. The lowest BCUT2D eigenvalue weighted by atomic mass is 10.1. The van der Waals surface area contributed by atoms with Crippen molar-refractivity contribution < 1.29 is 9.90 Å². The van der Waals surface area contributed by atoms with Gasteiger partial charge in [0.15, 0.2) is 0 Å². The summed E-state index contributed by atoms with van der Waals surface area (Å²) < 4.78 is 0. The van der Waals surface area contributed by atoms with E-state index in [2.05, 4.69) is 17.1 Å². The van der Waals surface area contributed by atoms with Gasteiger partial charge in [0.2, 0.25) is 0 Å².